The van der Waals surface area contributed by atoms with Crippen LogP contribution in [0.15, 0.2) is 12.1 Å². The van der Waals surface area contributed by atoms with Crippen LogP contribution in [0.5, 0.6) is 0 Å². The van der Waals surface area contributed by atoms with Gasteiger partial charge in [-0.1, -0.05) is 19.8 Å². The standard InChI is InChI=1S/C16H22F2N2O/c1-3-19-15-12(17)8-11(9-13(15)18)16(21)20-14-7-5-4-6-10(14)2/h8-10,14,19H,3-7H2,1-2H3,(H,20,21). The minimum absolute atomic E-state index is 0.0319. The third kappa shape index (κ3) is 3.71. The van der Waals surface area contributed by atoms with Crippen LogP contribution in [0.2, 0.25) is 0 Å². The second-order valence-corrected chi connectivity index (χ2v) is 5.69. The van der Waals surface area contributed by atoms with Gasteiger partial charge in [0.05, 0.1) is 0 Å². The van der Waals surface area contributed by atoms with Gasteiger partial charge in [-0.15, -0.1) is 0 Å². The average Bonchev–Trinajstić information content (AvgIpc) is 2.45. The second kappa shape index (κ2) is 6.87. The van der Waals surface area contributed by atoms with Gasteiger partial charge < -0.3 is 10.6 Å². The Morgan fingerprint density at radius 3 is 2.43 bits per heavy atom. The highest BCUT2D eigenvalue weighted by atomic mass is 19.1. The summed E-state index contributed by atoms with van der Waals surface area (Å²) in [6.07, 6.45) is 4.26. The maximum Gasteiger partial charge on any atom is 0.251 e. The highest BCUT2D eigenvalue weighted by Crippen LogP contribution is 2.25. The molecular weight excluding hydrogens is 274 g/mol. The highest BCUT2D eigenvalue weighted by molar-refractivity contribution is 5.94. The fourth-order valence-electron chi connectivity index (χ4n) is 2.83. The first-order valence-corrected chi connectivity index (χ1v) is 7.56. The van der Waals surface area contributed by atoms with Crippen LogP contribution in [0.25, 0.3) is 0 Å². The lowest BCUT2D eigenvalue weighted by molar-refractivity contribution is 0.0909. The number of benzene rings is 1. The van der Waals surface area contributed by atoms with Gasteiger partial charge in [-0.2, -0.15) is 0 Å². The molecule has 2 N–H and O–H groups in total. The SMILES string of the molecule is CCNc1c(F)cc(C(=O)NC2CCCCC2C)cc1F. The summed E-state index contributed by atoms with van der Waals surface area (Å²) < 4.78 is 27.7. The van der Waals surface area contributed by atoms with Gasteiger partial charge in [-0.05, 0) is 37.8 Å². The van der Waals surface area contributed by atoms with Gasteiger partial charge in [-0.3, -0.25) is 4.79 Å². The quantitative estimate of drug-likeness (QED) is 0.889. The topological polar surface area (TPSA) is 41.1 Å². The molecule has 1 amide bonds. The van der Waals surface area contributed by atoms with Crippen molar-refractivity contribution in [2.45, 2.75) is 45.6 Å². The van der Waals surface area contributed by atoms with E-state index in [1.165, 1.54) is 6.42 Å². The van der Waals surface area contributed by atoms with Crippen molar-refractivity contribution in [3.05, 3.63) is 29.3 Å². The van der Waals surface area contributed by atoms with Crippen LogP contribution >= 0.6 is 0 Å². The molecule has 0 bridgehead atoms. The summed E-state index contributed by atoms with van der Waals surface area (Å²) in [7, 11) is 0. The zero-order chi connectivity index (χ0) is 15.4. The molecule has 1 aromatic carbocycles. The number of halogens is 2. The Bertz CT molecular complexity index is 496. The molecular formula is C16H22F2N2O. The lowest BCUT2D eigenvalue weighted by Gasteiger charge is -2.29. The molecule has 21 heavy (non-hydrogen) atoms. The normalized spacial score (nSPS) is 21.9. The third-order valence-corrected chi connectivity index (χ3v) is 4.09. The highest BCUT2D eigenvalue weighted by Gasteiger charge is 2.24. The monoisotopic (exact) mass is 296 g/mol. The van der Waals surface area contributed by atoms with Crippen LogP contribution in [0.3, 0.4) is 0 Å². The number of hydrogen-bond acceptors (Lipinski definition) is 2. The van der Waals surface area contributed by atoms with Gasteiger partial charge in [-0.25, -0.2) is 8.78 Å². The zero-order valence-electron chi connectivity index (χ0n) is 12.5. The first-order valence-electron chi connectivity index (χ1n) is 7.56. The molecule has 0 spiro atoms. The van der Waals surface area contributed by atoms with Gasteiger partial charge in [0, 0.05) is 18.2 Å². The molecule has 2 atom stereocenters. The van der Waals surface area contributed by atoms with E-state index in [0.29, 0.717) is 12.5 Å². The molecule has 1 fully saturated rings. The number of carbonyl (C=O) groups excluding carboxylic acids is 1. The number of amides is 1. The van der Waals surface area contributed by atoms with Crippen molar-refractivity contribution < 1.29 is 13.6 Å². The van der Waals surface area contributed by atoms with E-state index in [1.807, 2.05) is 0 Å². The number of anilines is 1. The predicted octanol–water partition coefficient (Wildman–Crippen LogP) is 3.71. The molecule has 0 saturated heterocycles. The Balaban J connectivity index is 2.12. The smallest absolute Gasteiger partial charge is 0.251 e. The van der Waals surface area contributed by atoms with E-state index in [0.717, 1.165) is 31.4 Å². The van der Waals surface area contributed by atoms with Crippen LogP contribution < -0.4 is 10.6 Å². The molecule has 0 aliphatic heterocycles. The van der Waals surface area contributed by atoms with Crippen LogP contribution in [0.4, 0.5) is 14.5 Å². The average molecular weight is 296 g/mol. The third-order valence-electron chi connectivity index (χ3n) is 4.09. The maximum atomic E-state index is 13.8. The van der Waals surface area contributed by atoms with Crippen LogP contribution in [-0.4, -0.2) is 18.5 Å². The van der Waals surface area contributed by atoms with E-state index in [2.05, 4.69) is 17.6 Å². The van der Waals surface area contributed by atoms with E-state index in [4.69, 9.17) is 0 Å². The summed E-state index contributed by atoms with van der Waals surface area (Å²) >= 11 is 0. The van der Waals surface area contributed by atoms with Crippen molar-refractivity contribution in [2.24, 2.45) is 5.92 Å². The zero-order valence-corrected chi connectivity index (χ0v) is 12.5. The molecule has 116 valence electrons. The second-order valence-electron chi connectivity index (χ2n) is 5.69. The molecule has 0 radical (unpaired) electrons. The molecule has 1 aliphatic carbocycles. The minimum atomic E-state index is -0.737. The van der Waals surface area contributed by atoms with Crippen molar-refractivity contribution in [3.8, 4) is 0 Å². The Kier molecular flexibility index (Phi) is 5.15. The Morgan fingerprint density at radius 2 is 1.86 bits per heavy atom. The number of carbonyl (C=O) groups is 1. The summed E-state index contributed by atoms with van der Waals surface area (Å²) in [6, 6.07) is 2.26. The first kappa shape index (κ1) is 15.7. The van der Waals surface area contributed by atoms with E-state index in [-0.39, 0.29) is 17.3 Å². The summed E-state index contributed by atoms with van der Waals surface area (Å²) in [5.74, 6) is -1.48. The van der Waals surface area contributed by atoms with Crippen molar-refractivity contribution in [1.82, 2.24) is 5.32 Å². The molecule has 2 unspecified atom stereocenters. The number of nitrogens with one attached hydrogen (secondary N) is 2. The van der Waals surface area contributed by atoms with Crippen molar-refractivity contribution in [2.75, 3.05) is 11.9 Å². The van der Waals surface area contributed by atoms with Crippen molar-refractivity contribution in [3.63, 3.8) is 0 Å². The minimum Gasteiger partial charge on any atom is -0.381 e. The Hall–Kier alpha value is -1.65. The largest absolute Gasteiger partial charge is 0.381 e. The fraction of sp³-hybridized carbons (Fsp3) is 0.562. The van der Waals surface area contributed by atoms with Gasteiger partial charge in [0.1, 0.15) is 17.3 Å². The van der Waals surface area contributed by atoms with Gasteiger partial charge in [0.25, 0.3) is 5.91 Å². The van der Waals surface area contributed by atoms with E-state index < -0.39 is 17.5 Å². The van der Waals surface area contributed by atoms with Crippen LogP contribution in [-0.2, 0) is 0 Å². The molecule has 1 aromatic rings. The van der Waals surface area contributed by atoms with Crippen molar-refractivity contribution >= 4 is 11.6 Å². The molecule has 5 heteroatoms. The van der Waals surface area contributed by atoms with Crippen LogP contribution in [0, 0.1) is 17.6 Å². The molecule has 0 aromatic heterocycles. The van der Waals surface area contributed by atoms with Crippen LogP contribution in [0.1, 0.15) is 49.9 Å². The van der Waals surface area contributed by atoms with Gasteiger partial charge >= 0.3 is 0 Å². The molecule has 0 heterocycles. The molecule has 3 nitrogen and oxygen atoms in total. The molecule has 1 aliphatic rings. The lowest BCUT2D eigenvalue weighted by atomic mass is 9.86. The Morgan fingerprint density at radius 1 is 1.24 bits per heavy atom. The fourth-order valence-corrected chi connectivity index (χ4v) is 2.83. The summed E-state index contributed by atoms with van der Waals surface area (Å²) in [5, 5.41) is 5.52. The van der Waals surface area contributed by atoms with E-state index >= 15 is 0 Å². The summed E-state index contributed by atoms with van der Waals surface area (Å²) in [4.78, 5) is 12.2. The molecule has 2 rings (SSSR count). The lowest BCUT2D eigenvalue weighted by Crippen LogP contribution is -2.41. The first-order chi connectivity index (χ1) is 10.0. The van der Waals surface area contributed by atoms with Gasteiger partial charge in [0.15, 0.2) is 0 Å². The number of hydrogen-bond donors (Lipinski definition) is 2. The van der Waals surface area contributed by atoms with Crippen molar-refractivity contribution in [1.29, 1.82) is 0 Å². The number of rotatable bonds is 4. The predicted molar refractivity (Wildman–Crippen MR) is 79.4 cm³/mol. The van der Waals surface area contributed by atoms with E-state index in [1.54, 1.807) is 6.92 Å². The summed E-state index contributed by atoms with van der Waals surface area (Å²) in [6.45, 7) is 4.27. The maximum absolute atomic E-state index is 13.8. The van der Waals surface area contributed by atoms with Gasteiger partial charge in [0.2, 0.25) is 0 Å². The molecule has 1 saturated carbocycles. The van der Waals surface area contributed by atoms with E-state index in [9.17, 15) is 13.6 Å². The summed E-state index contributed by atoms with van der Waals surface area (Å²) in [5.41, 5.74) is -0.149. The Labute approximate surface area is 124 Å².